The van der Waals surface area contributed by atoms with Gasteiger partial charge in [-0.1, -0.05) is 108 Å². The van der Waals surface area contributed by atoms with Crippen LogP contribution in [0.4, 0.5) is 10.5 Å². The lowest BCUT2D eigenvalue weighted by Crippen LogP contribution is -2.68. The smallest absolute Gasteiger partial charge is 0.409 e. The van der Waals surface area contributed by atoms with E-state index in [1.54, 1.807) is 17.0 Å². The number of anilines is 1. The summed E-state index contributed by atoms with van der Waals surface area (Å²) < 4.78 is 19.6. The van der Waals surface area contributed by atoms with E-state index in [2.05, 4.69) is 84.2 Å². The number of amides is 2. The van der Waals surface area contributed by atoms with Crippen molar-refractivity contribution in [3.63, 3.8) is 0 Å². The van der Waals surface area contributed by atoms with Gasteiger partial charge in [0, 0.05) is 12.3 Å². The van der Waals surface area contributed by atoms with Gasteiger partial charge >= 0.3 is 14.4 Å². The maximum absolute atomic E-state index is 14.3. The number of carboxylic acid groups (broad SMARTS) is 1. The molecule has 8 nitrogen and oxygen atoms in total. The molecule has 0 fully saturated rings. The monoisotopic (exact) mass is 674 g/mol. The Labute approximate surface area is 282 Å². The first-order valence-corrected chi connectivity index (χ1v) is 20.9. The molecule has 2 N–H and O–H groups in total. The van der Waals surface area contributed by atoms with E-state index in [0.29, 0.717) is 24.5 Å². The summed E-state index contributed by atoms with van der Waals surface area (Å²) in [5.74, 6) is 0.351. The van der Waals surface area contributed by atoms with Crippen molar-refractivity contribution in [3.8, 4) is 11.5 Å². The van der Waals surface area contributed by atoms with Crippen molar-refractivity contribution in [3.05, 3.63) is 90.1 Å². The second kappa shape index (κ2) is 13.7. The van der Waals surface area contributed by atoms with Crippen molar-refractivity contribution in [1.29, 1.82) is 0 Å². The van der Waals surface area contributed by atoms with Gasteiger partial charge in [-0.25, -0.2) is 4.79 Å². The number of carbonyl (C=O) groups excluding carboxylic acids is 1. The molecule has 252 valence electrons. The standard InChI is InChI=1S/C37H50N2O6Si2/c1-26-21-27(25-44-46(9,10)36(2,3)4)39(24-26)34(40)30-22-32(43-8)33(23-31(30)38-35(41)42)45-47(37(5,6)7,28-17-13-11-14-18-28)29-19-15-12-16-20-29/h11-20,22-24,27,38H,21,25H2,1-10H3,(H,41,42)/t27-/m0/s1. The molecule has 0 saturated heterocycles. The zero-order valence-electron chi connectivity index (χ0n) is 29.4. The number of nitrogens with one attached hydrogen (secondary N) is 1. The Kier molecular flexibility index (Phi) is 10.5. The van der Waals surface area contributed by atoms with Gasteiger partial charge < -0.3 is 23.6 Å². The first-order valence-electron chi connectivity index (χ1n) is 16.1. The highest BCUT2D eigenvalue weighted by molar-refractivity contribution is 7.00. The van der Waals surface area contributed by atoms with Crippen LogP contribution >= 0.6 is 0 Å². The normalized spacial score (nSPS) is 15.7. The molecule has 0 aromatic heterocycles. The van der Waals surface area contributed by atoms with Crippen LogP contribution in [-0.4, -0.2) is 58.4 Å². The molecule has 0 unspecified atom stereocenters. The summed E-state index contributed by atoms with van der Waals surface area (Å²) in [6.07, 6.45) is 1.23. The second-order valence-electron chi connectivity index (χ2n) is 14.9. The summed E-state index contributed by atoms with van der Waals surface area (Å²) in [5, 5.41) is 14.1. The van der Waals surface area contributed by atoms with Gasteiger partial charge in [0.05, 0.1) is 31.0 Å². The van der Waals surface area contributed by atoms with Gasteiger partial charge in [-0.05, 0) is 53.0 Å². The number of nitrogens with zero attached hydrogens (tertiary/aromatic N) is 1. The average Bonchev–Trinajstić information content (AvgIpc) is 3.38. The number of benzene rings is 3. The summed E-state index contributed by atoms with van der Waals surface area (Å²) in [7, 11) is -3.65. The number of rotatable bonds is 10. The number of hydrogen-bond donors (Lipinski definition) is 2. The van der Waals surface area contributed by atoms with Crippen LogP contribution in [0.2, 0.25) is 23.2 Å². The highest BCUT2D eigenvalue weighted by Crippen LogP contribution is 2.43. The van der Waals surface area contributed by atoms with Crippen LogP contribution in [0.25, 0.3) is 0 Å². The molecule has 10 heteroatoms. The van der Waals surface area contributed by atoms with E-state index >= 15 is 0 Å². The zero-order valence-corrected chi connectivity index (χ0v) is 31.4. The van der Waals surface area contributed by atoms with Crippen molar-refractivity contribution >= 4 is 44.7 Å². The largest absolute Gasteiger partial charge is 0.531 e. The van der Waals surface area contributed by atoms with E-state index in [9.17, 15) is 14.7 Å². The van der Waals surface area contributed by atoms with Crippen molar-refractivity contribution in [2.45, 2.75) is 84.1 Å². The molecular weight excluding hydrogens is 625 g/mol. The number of methoxy groups -OCH3 is 1. The molecule has 1 atom stereocenters. The molecule has 0 radical (unpaired) electrons. The second-order valence-corrected chi connectivity index (χ2v) is 23.9. The third-order valence-electron chi connectivity index (χ3n) is 9.44. The lowest BCUT2D eigenvalue weighted by Gasteiger charge is -2.43. The minimum atomic E-state index is -3.11. The number of carbonyl (C=O) groups is 2. The van der Waals surface area contributed by atoms with Crippen LogP contribution < -0.4 is 24.9 Å². The minimum Gasteiger partial charge on any atom is -0.531 e. The van der Waals surface area contributed by atoms with Crippen LogP contribution in [0.3, 0.4) is 0 Å². The third kappa shape index (κ3) is 7.50. The molecule has 0 aliphatic carbocycles. The molecule has 1 aliphatic rings. The van der Waals surface area contributed by atoms with Gasteiger partial charge in [0.2, 0.25) is 0 Å². The summed E-state index contributed by atoms with van der Waals surface area (Å²) in [6, 6.07) is 23.3. The Morgan fingerprint density at radius 3 is 1.91 bits per heavy atom. The fraction of sp³-hybridized carbons (Fsp3) is 0.405. The van der Waals surface area contributed by atoms with Crippen LogP contribution in [0.15, 0.2) is 84.6 Å². The van der Waals surface area contributed by atoms with Gasteiger partial charge in [-0.3, -0.25) is 10.1 Å². The quantitative estimate of drug-likeness (QED) is 0.213. The van der Waals surface area contributed by atoms with Crippen molar-refractivity contribution < 1.29 is 28.3 Å². The Morgan fingerprint density at radius 1 is 0.894 bits per heavy atom. The third-order valence-corrected chi connectivity index (χ3v) is 18.9. The predicted octanol–water partition coefficient (Wildman–Crippen LogP) is 7.86. The number of hydrogen-bond acceptors (Lipinski definition) is 5. The van der Waals surface area contributed by atoms with Gasteiger partial charge in [0.15, 0.2) is 14.1 Å². The molecule has 47 heavy (non-hydrogen) atoms. The van der Waals surface area contributed by atoms with E-state index in [0.717, 1.165) is 15.9 Å². The lowest BCUT2D eigenvalue weighted by molar-refractivity contribution is 0.0738. The highest BCUT2D eigenvalue weighted by Gasteiger charge is 2.52. The fourth-order valence-corrected chi connectivity index (χ4v) is 11.4. The molecule has 1 heterocycles. The molecule has 0 bridgehead atoms. The molecule has 2 amide bonds. The molecule has 0 saturated carbocycles. The lowest BCUT2D eigenvalue weighted by atomic mass is 10.1. The van der Waals surface area contributed by atoms with Crippen molar-refractivity contribution in [2.75, 3.05) is 19.0 Å². The summed E-state index contributed by atoms with van der Waals surface area (Å²) in [4.78, 5) is 28.1. The molecule has 3 aromatic rings. The zero-order chi connectivity index (χ0) is 34.8. The van der Waals surface area contributed by atoms with Crippen LogP contribution in [0.1, 0.15) is 65.2 Å². The van der Waals surface area contributed by atoms with E-state index in [4.69, 9.17) is 13.6 Å². The Morgan fingerprint density at radius 2 is 1.45 bits per heavy atom. The van der Waals surface area contributed by atoms with Gasteiger partial charge in [0.25, 0.3) is 5.91 Å². The summed E-state index contributed by atoms with van der Waals surface area (Å²) in [5.41, 5.74) is 1.34. The summed E-state index contributed by atoms with van der Waals surface area (Å²) in [6.45, 7) is 19.8. The predicted molar refractivity (Wildman–Crippen MR) is 194 cm³/mol. The van der Waals surface area contributed by atoms with E-state index in [1.807, 2.05) is 49.5 Å². The van der Waals surface area contributed by atoms with E-state index in [1.165, 1.54) is 7.11 Å². The molecular formula is C37H50N2O6Si2. The first-order chi connectivity index (χ1) is 21.9. The fourth-order valence-electron chi connectivity index (χ4n) is 5.90. The van der Waals surface area contributed by atoms with Gasteiger partial charge in [-0.2, -0.15) is 0 Å². The maximum Gasteiger partial charge on any atom is 0.409 e. The Hall–Kier alpha value is -3.87. The average molecular weight is 675 g/mol. The molecule has 0 spiro atoms. The molecule has 1 aliphatic heterocycles. The van der Waals surface area contributed by atoms with Crippen molar-refractivity contribution in [2.24, 2.45) is 0 Å². The molecule has 4 rings (SSSR count). The van der Waals surface area contributed by atoms with Crippen LogP contribution in [0, 0.1) is 0 Å². The van der Waals surface area contributed by atoms with E-state index < -0.39 is 22.7 Å². The van der Waals surface area contributed by atoms with Crippen LogP contribution in [0.5, 0.6) is 11.5 Å². The highest BCUT2D eigenvalue weighted by atomic mass is 28.4. The van der Waals surface area contributed by atoms with Gasteiger partial charge in [0.1, 0.15) is 5.75 Å². The minimum absolute atomic E-state index is 0.0236. The number of ether oxygens (including phenoxy) is 1. The Bertz CT molecular complexity index is 1570. The topological polar surface area (TPSA) is 97.3 Å². The van der Waals surface area contributed by atoms with E-state index in [-0.39, 0.29) is 33.3 Å². The Balaban J connectivity index is 1.83. The first kappa shape index (κ1) is 36.0. The van der Waals surface area contributed by atoms with Gasteiger partial charge in [-0.15, -0.1) is 0 Å². The van der Waals surface area contributed by atoms with Crippen molar-refractivity contribution in [1.82, 2.24) is 4.90 Å². The SMILES string of the molecule is COc1cc(C(=O)N2C=C(C)C[C@H]2CO[Si](C)(C)C(C)(C)C)c(NC(=O)O)cc1O[Si](c1ccccc1)(c1ccccc1)C(C)(C)C. The molecule has 3 aromatic carbocycles. The summed E-state index contributed by atoms with van der Waals surface area (Å²) >= 11 is 0. The maximum atomic E-state index is 14.3. The van der Waals surface area contributed by atoms with Crippen LogP contribution in [-0.2, 0) is 4.43 Å².